The van der Waals surface area contributed by atoms with Crippen molar-refractivity contribution in [3.8, 4) is 0 Å². The van der Waals surface area contributed by atoms with Gasteiger partial charge >= 0.3 is 6.18 Å². The van der Waals surface area contributed by atoms with Crippen LogP contribution in [0.1, 0.15) is 78.8 Å². The Kier molecular flexibility index (Phi) is 7.80. The van der Waals surface area contributed by atoms with Crippen LogP contribution in [0.2, 0.25) is 0 Å². The first-order valence-corrected chi connectivity index (χ1v) is 13.8. The first-order chi connectivity index (χ1) is 18.2. The van der Waals surface area contributed by atoms with Crippen molar-refractivity contribution in [1.29, 1.82) is 0 Å². The molecule has 3 aliphatic rings. The van der Waals surface area contributed by atoms with E-state index in [0.717, 1.165) is 50.7 Å². The predicted octanol–water partition coefficient (Wildman–Crippen LogP) is 5.52. The molecule has 0 aromatic heterocycles. The maximum absolute atomic E-state index is 13.0. The topological polar surface area (TPSA) is 61.4 Å². The van der Waals surface area contributed by atoms with Crippen molar-refractivity contribution >= 4 is 11.8 Å². The van der Waals surface area contributed by atoms with Crippen LogP contribution < -0.4 is 10.6 Å². The number of nitrogens with zero attached hydrogens (tertiary/aromatic N) is 1. The summed E-state index contributed by atoms with van der Waals surface area (Å²) in [6, 6.07) is 15.9. The molecule has 1 unspecified atom stereocenters. The van der Waals surface area contributed by atoms with Crippen molar-refractivity contribution in [2.45, 2.75) is 75.5 Å². The highest BCUT2D eigenvalue weighted by molar-refractivity contribution is 5.96. The second-order valence-corrected chi connectivity index (χ2v) is 11.3. The van der Waals surface area contributed by atoms with Crippen LogP contribution in [-0.2, 0) is 11.0 Å². The third-order valence-corrected chi connectivity index (χ3v) is 8.93. The van der Waals surface area contributed by atoms with Crippen molar-refractivity contribution in [2.75, 3.05) is 19.6 Å². The predicted molar refractivity (Wildman–Crippen MR) is 140 cm³/mol. The summed E-state index contributed by atoms with van der Waals surface area (Å²) in [7, 11) is 0. The second-order valence-electron chi connectivity index (χ2n) is 11.3. The Morgan fingerprint density at radius 3 is 2.45 bits per heavy atom. The zero-order chi connectivity index (χ0) is 26.8. The van der Waals surface area contributed by atoms with Crippen LogP contribution in [0.15, 0.2) is 54.6 Å². The molecular formula is C30H36F3N3O2. The number of hydrogen-bond donors (Lipinski definition) is 2. The zero-order valence-electron chi connectivity index (χ0n) is 21.6. The van der Waals surface area contributed by atoms with Gasteiger partial charge in [-0.1, -0.05) is 42.8 Å². The third-order valence-electron chi connectivity index (χ3n) is 8.93. The largest absolute Gasteiger partial charge is 0.416 e. The monoisotopic (exact) mass is 527 g/mol. The summed E-state index contributed by atoms with van der Waals surface area (Å²) >= 11 is 0. The van der Waals surface area contributed by atoms with Gasteiger partial charge in [0.1, 0.15) is 0 Å². The maximum atomic E-state index is 13.0. The molecule has 2 aromatic carbocycles. The molecule has 2 aliphatic carbocycles. The average molecular weight is 528 g/mol. The summed E-state index contributed by atoms with van der Waals surface area (Å²) in [5.41, 5.74) is 0.518. The molecule has 1 spiro atoms. The highest BCUT2D eigenvalue weighted by Crippen LogP contribution is 2.46. The molecule has 0 radical (unpaired) electrons. The lowest BCUT2D eigenvalue weighted by atomic mass is 9.78. The number of halogens is 3. The minimum absolute atomic E-state index is 0.0665. The Bertz CT molecular complexity index is 1130. The normalized spacial score (nSPS) is 27.6. The van der Waals surface area contributed by atoms with E-state index >= 15 is 0 Å². The molecule has 5 nitrogen and oxygen atoms in total. The first-order valence-electron chi connectivity index (χ1n) is 13.8. The molecule has 0 bridgehead atoms. The summed E-state index contributed by atoms with van der Waals surface area (Å²) < 4.78 is 38.9. The van der Waals surface area contributed by atoms with Crippen LogP contribution in [0.4, 0.5) is 13.2 Å². The highest BCUT2D eigenvalue weighted by atomic mass is 19.4. The van der Waals surface area contributed by atoms with Crippen molar-refractivity contribution in [1.82, 2.24) is 15.5 Å². The van der Waals surface area contributed by atoms with Gasteiger partial charge in [0.15, 0.2) is 0 Å². The van der Waals surface area contributed by atoms with Gasteiger partial charge in [-0.25, -0.2) is 0 Å². The molecule has 2 saturated carbocycles. The van der Waals surface area contributed by atoms with E-state index in [1.807, 2.05) is 4.90 Å². The molecule has 1 heterocycles. The van der Waals surface area contributed by atoms with Crippen LogP contribution >= 0.6 is 0 Å². The Hall–Kier alpha value is -2.87. The van der Waals surface area contributed by atoms with Crippen LogP contribution in [0.5, 0.6) is 0 Å². The molecule has 8 heteroatoms. The van der Waals surface area contributed by atoms with E-state index in [1.165, 1.54) is 30.5 Å². The van der Waals surface area contributed by atoms with E-state index in [9.17, 15) is 22.8 Å². The van der Waals surface area contributed by atoms with E-state index < -0.39 is 17.6 Å². The van der Waals surface area contributed by atoms with Gasteiger partial charge in [-0.05, 0) is 74.6 Å². The number of hydrogen-bond acceptors (Lipinski definition) is 3. The molecule has 1 aliphatic heterocycles. The van der Waals surface area contributed by atoms with Crippen molar-refractivity contribution in [3.63, 3.8) is 0 Å². The molecule has 2 amide bonds. The molecule has 204 valence electrons. The van der Waals surface area contributed by atoms with Gasteiger partial charge in [-0.3, -0.25) is 9.59 Å². The first kappa shape index (κ1) is 26.7. The summed E-state index contributed by atoms with van der Waals surface area (Å²) in [4.78, 5) is 27.2. The number of benzene rings is 2. The summed E-state index contributed by atoms with van der Waals surface area (Å²) in [6.07, 6.45) is 4.48. The van der Waals surface area contributed by atoms with Crippen LogP contribution in [0, 0.1) is 5.41 Å². The van der Waals surface area contributed by atoms with Gasteiger partial charge in [0.2, 0.25) is 5.91 Å². The van der Waals surface area contributed by atoms with Crippen LogP contribution in [0.3, 0.4) is 0 Å². The fraction of sp³-hybridized carbons (Fsp3) is 0.533. The standard InChI is InChI=1S/C30H36F3N3O2/c31-30(32,33)24-9-4-8-23(18-24)28(38)34-19-27(37)36-17-16-29(20-36)15-5-10-26(29)35-25-13-11-22(12-14-25)21-6-2-1-3-7-21/h1-4,6-9,18,22,25-26,35H,5,10-17,19-20H2,(H,34,38)/t22?,25?,26?,29-/m0/s1. The number of amides is 2. The van der Waals surface area contributed by atoms with Crippen LogP contribution in [0.25, 0.3) is 0 Å². The lowest BCUT2D eigenvalue weighted by Gasteiger charge is -2.37. The summed E-state index contributed by atoms with van der Waals surface area (Å²) in [6.45, 7) is 1.10. The number of carbonyl (C=O) groups excluding carboxylic acids is 2. The SMILES string of the molecule is O=C(NCC(=O)N1CC[C@@]2(CCCC2NC2CCC(c3ccccc3)CC2)C1)c1cccc(C(F)(F)F)c1. The molecule has 38 heavy (non-hydrogen) atoms. The maximum Gasteiger partial charge on any atom is 0.416 e. The van der Waals surface area contributed by atoms with Crippen molar-refractivity contribution < 1.29 is 22.8 Å². The van der Waals surface area contributed by atoms with Gasteiger partial charge in [0.05, 0.1) is 12.1 Å². The molecular weight excluding hydrogens is 491 g/mol. The molecule has 3 fully saturated rings. The quantitative estimate of drug-likeness (QED) is 0.520. The third kappa shape index (κ3) is 5.90. The molecule has 5 rings (SSSR count). The van der Waals surface area contributed by atoms with E-state index in [0.29, 0.717) is 31.1 Å². The number of nitrogens with one attached hydrogen (secondary N) is 2. The fourth-order valence-electron chi connectivity index (χ4n) is 6.81. The number of alkyl halides is 3. The minimum Gasteiger partial charge on any atom is -0.343 e. The smallest absolute Gasteiger partial charge is 0.343 e. The average Bonchev–Trinajstić information content (AvgIpc) is 3.54. The second kappa shape index (κ2) is 11.1. The molecule has 2 N–H and O–H groups in total. The lowest BCUT2D eigenvalue weighted by Crippen LogP contribution is -2.49. The Balaban J connectivity index is 1.11. The van der Waals surface area contributed by atoms with Crippen molar-refractivity contribution in [3.05, 3.63) is 71.3 Å². The molecule has 2 aromatic rings. The minimum atomic E-state index is -4.52. The number of carbonyl (C=O) groups is 2. The molecule has 2 atom stereocenters. The zero-order valence-corrected chi connectivity index (χ0v) is 21.6. The van der Waals surface area contributed by atoms with Gasteiger partial charge < -0.3 is 15.5 Å². The van der Waals surface area contributed by atoms with Crippen molar-refractivity contribution in [2.24, 2.45) is 5.41 Å². The number of likely N-dealkylation sites (tertiary alicyclic amines) is 1. The fourth-order valence-corrected chi connectivity index (χ4v) is 6.81. The Labute approximate surface area is 222 Å². The number of rotatable bonds is 6. The van der Waals surface area contributed by atoms with Gasteiger partial charge in [0.25, 0.3) is 5.91 Å². The Morgan fingerprint density at radius 1 is 0.947 bits per heavy atom. The highest BCUT2D eigenvalue weighted by Gasteiger charge is 2.49. The molecule has 1 saturated heterocycles. The van der Waals surface area contributed by atoms with Crippen LogP contribution in [-0.4, -0.2) is 48.4 Å². The summed E-state index contributed by atoms with van der Waals surface area (Å²) in [5, 5.41) is 6.49. The van der Waals surface area contributed by atoms with E-state index in [4.69, 9.17) is 0 Å². The summed E-state index contributed by atoms with van der Waals surface area (Å²) in [5.74, 6) is -0.223. The van der Waals surface area contributed by atoms with E-state index in [-0.39, 0.29) is 23.4 Å². The van der Waals surface area contributed by atoms with E-state index in [1.54, 1.807) is 0 Å². The van der Waals surface area contributed by atoms with Gasteiger partial charge in [0, 0.05) is 36.2 Å². The Morgan fingerprint density at radius 2 is 1.71 bits per heavy atom. The van der Waals surface area contributed by atoms with Gasteiger partial charge in [-0.15, -0.1) is 0 Å². The van der Waals surface area contributed by atoms with E-state index in [2.05, 4.69) is 41.0 Å². The lowest BCUT2D eigenvalue weighted by molar-refractivity contribution is -0.137. The van der Waals surface area contributed by atoms with Gasteiger partial charge in [-0.2, -0.15) is 13.2 Å².